The van der Waals surface area contributed by atoms with E-state index in [0.29, 0.717) is 22.8 Å². The van der Waals surface area contributed by atoms with Crippen LogP contribution < -0.4 is 26.7 Å². The molecule has 5 N–H and O–H groups in total. The van der Waals surface area contributed by atoms with Gasteiger partial charge < -0.3 is 26.2 Å². The molecule has 1 aromatic carbocycles. The fraction of sp³-hybridized carbons (Fsp3) is 0.471. The van der Waals surface area contributed by atoms with Crippen LogP contribution in [0, 0.1) is 5.41 Å². The number of nitrogens with zero attached hydrogens (tertiary/aromatic N) is 2. The van der Waals surface area contributed by atoms with Crippen molar-refractivity contribution in [3.63, 3.8) is 0 Å². The number of ketones is 1. The van der Waals surface area contributed by atoms with E-state index in [-0.39, 0.29) is 25.4 Å². The molecule has 5 rings (SSSR count). The molecule has 1 aliphatic carbocycles. The number of carbonyl (C=O) groups is 5. The number of nitrogens with one attached hydrogen (secondary N) is 5. The minimum absolute atomic E-state index is 0.0214. The predicted octanol–water partition coefficient (Wildman–Crippen LogP) is 3.32. The predicted molar refractivity (Wildman–Crippen MR) is 179 cm³/mol. The van der Waals surface area contributed by atoms with Crippen LogP contribution in [-0.4, -0.2) is 75.7 Å². The highest BCUT2D eigenvalue weighted by Gasteiger charge is 2.54. The van der Waals surface area contributed by atoms with Gasteiger partial charge in [-0.15, -0.1) is 0 Å². The van der Waals surface area contributed by atoms with Crippen molar-refractivity contribution >= 4 is 52.5 Å². The van der Waals surface area contributed by atoms with Crippen molar-refractivity contribution in [2.45, 2.75) is 89.6 Å². The lowest BCUT2D eigenvalue weighted by Gasteiger charge is -2.35. The summed E-state index contributed by atoms with van der Waals surface area (Å²) in [5, 5.41) is 11.5. The third-order valence-corrected chi connectivity index (χ3v) is 8.74. The summed E-state index contributed by atoms with van der Waals surface area (Å²) in [5.41, 5.74) is 2.83. The molecule has 3 heterocycles. The highest BCUT2D eigenvalue weighted by atomic mass is 35.5. The standard InChI is InChI=1S/C34H42ClN7O6/c1-5-8-24(27(43)30(45)37-22-12-13-22)39-29(44)26-17-34(16-25(41-48-34)20-9-6-10-21(35)15-20)19-42(26)31(46)28(33(2,3)4)40-32(47)38-23-11-7-14-36-18-23/h6-7,9-11,14-16,18,22,24,26,28,41H,5,8,12-13,17,19H2,1-4H3,(H,37,45)(H,39,44)(H2,38,40,47)/t24-,26-,28+,34+/m0/s1. The molecule has 1 saturated heterocycles. The molecule has 0 bridgehead atoms. The van der Waals surface area contributed by atoms with Crippen LogP contribution in [-0.2, 0) is 24.0 Å². The number of benzene rings is 1. The Morgan fingerprint density at radius 1 is 1.12 bits per heavy atom. The van der Waals surface area contributed by atoms with E-state index < -0.39 is 58.7 Å². The lowest BCUT2D eigenvalue weighted by Crippen LogP contribution is -2.59. The normalized spacial score (nSPS) is 21.5. The van der Waals surface area contributed by atoms with Gasteiger partial charge in [0.25, 0.3) is 5.91 Å². The molecule has 2 aliphatic heterocycles. The number of hydrogen-bond donors (Lipinski definition) is 5. The molecule has 13 nitrogen and oxygen atoms in total. The number of Topliss-reactive ketones (excluding diaryl/α,β-unsaturated/α-hetero) is 1. The Balaban J connectivity index is 1.42. The molecule has 2 fully saturated rings. The first kappa shape index (κ1) is 34.8. The Morgan fingerprint density at radius 3 is 2.54 bits per heavy atom. The molecule has 1 saturated carbocycles. The second kappa shape index (κ2) is 14.3. The molecule has 1 aromatic heterocycles. The monoisotopic (exact) mass is 679 g/mol. The lowest BCUT2D eigenvalue weighted by atomic mass is 9.85. The van der Waals surface area contributed by atoms with Crippen LogP contribution in [0.25, 0.3) is 5.70 Å². The van der Waals surface area contributed by atoms with Crippen molar-refractivity contribution in [1.82, 2.24) is 31.3 Å². The lowest BCUT2D eigenvalue weighted by molar-refractivity contribution is -0.144. The van der Waals surface area contributed by atoms with E-state index in [1.54, 1.807) is 57.3 Å². The van der Waals surface area contributed by atoms with Crippen LogP contribution in [0.1, 0.15) is 65.4 Å². The summed E-state index contributed by atoms with van der Waals surface area (Å²) < 4.78 is 0. The smallest absolute Gasteiger partial charge is 0.319 e. The topological polar surface area (TPSA) is 171 Å². The van der Waals surface area contributed by atoms with Crippen molar-refractivity contribution in [3.8, 4) is 0 Å². The molecule has 2 aromatic rings. The summed E-state index contributed by atoms with van der Waals surface area (Å²) in [4.78, 5) is 78.9. The van der Waals surface area contributed by atoms with E-state index in [2.05, 4.69) is 31.7 Å². The quantitative estimate of drug-likeness (QED) is 0.225. The minimum Gasteiger partial charge on any atom is -0.347 e. The summed E-state index contributed by atoms with van der Waals surface area (Å²) >= 11 is 6.23. The third-order valence-electron chi connectivity index (χ3n) is 8.50. The molecule has 3 aliphatic rings. The van der Waals surface area contributed by atoms with Crippen molar-refractivity contribution in [1.29, 1.82) is 0 Å². The van der Waals surface area contributed by atoms with Gasteiger partial charge in [0.05, 0.1) is 30.2 Å². The first-order chi connectivity index (χ1) is 22.8. The van der Waals surface area contributed by atoms with Gasteiger partial charge in [-0.3, -0.25) is 34.5 Å². The summed E-state index contributed by atoms with van der Waals surface area (Å²) in [6, 6.07) is 6.61. The second-order valence-electron chi connectivity index (χ2n) is 13.6. The van der Waals surface area contributed by atoms with E-state index in [0.717, 1.165) is 18.4 Å². The van der Waals surface area contributed by atoms with Crippen LogP contribution in [0.5, 0.6) is 0 Å². The van der Waals surface area contributed by atoms with Gasteiger partial charge in [-0.2, -0.15) is 0 Å². The van der Waals surface area contributed by atoms with Gasteiger partial charge >= 0.3 is 6.03 Å². The zero-order valence-electron chi connectivity index (χ0n) is 27.5. The molecule has 4 atom stereocenters. The number of anilines is 1. The molecular formula is C34H42ClN7O6. The van der Waals surface area contributed by atoms with Crippen molar-refractivity contribution in [3.05, 3.63) is 65.5 Å². The fourth-order valence-corrected chi connectivity index (χ4v) is 6.03. The fourth-order valence-electron chi connectivity index (χ4n) is 5.84. The Hall–Kier alpha value is -4.49. The molecule has 14 heteroatoms. The maximum atomic E-state index is 14.5. The number of likely N-dealkylation sites (tertiary alicyclic amines) is 1. The first-order valence-corrected chi connectivity index (χ1v) is 16.5. The van der Waals surface area contributed by atoms with Crippen LogP contribution >= 0.6 is 11.6 Å². The van der Waals surface area contributed by atoms with E-state index in [4.69, 9.17) is 16.4 Å². The van der Waals surface area contributed by atoms with E-state index in [9.17, 15) is 24.0 Å². The number of rotatable bonds is 11. The molecule has 1 spiro atoms. The Kier molecular flexibility index (Phi) is 10.4. The van der Waals surface area contributed by atoms with E-state index >= 15 is 0 Å². The van der Waals surface area contributed by atoms with Crippen LogP contribution in [0.15, 0.2) is 54.9 Å². The maximum Gasteiger partial charge on any atom is 0.319 e. The number of urea groups is 1. The SMILES string of the molecule is CCC[C@H](NC(=O)[C@@H]1C[C@]2(C=C(c3cccc(Cl)c3)NO2)CN1C(=O)[C@@H](NC(=O)Nc1cccnc1)C(C)(C)C)C(=O)C(=O)NC1CC1. The van der Waals surface area contributed by atoms with Gasteiger partial charge in [0, 0.05) is 29.2 Å². The Labute approximate surface area is 284 Å². The zero-order valence-corrected chi connectivity index (χ0v) is 28.2. The Bertz CT molecular complexity index is 1590. The number of amides is 5. The van der Waals surface area contributed by atoms with Crippen LogP contribution in [0.2, 0.25) is 5.02 Å². The third kappa shape index (κ3) is 8.32. The molecular weight excluding hydrogens is 638 g/mol. The number of pyridine rings is 1. The highest BCUT2D eigenvalue weighted by molar-refractivity contribution is 6.38. The molecule has 48 heavy (non-hydrogen) atoms. The number of hydroxylamine groups is 1. The molecule has 0 radical (unpaired) electrons. The van der Waals surface area contributed by atoms with Crippen LogP contribution in [0.4, 0.5) is 10.5 Å². The van der Waals surface area contributed by atoms with Crippen LogP contribution in [0.3, 0.4) is 0 Å². The van der Waals surface area contributed by atoms with Gasteiger partial charge in [0.1, 0.15) is 17.7 Å². The largest absolute Gasteiger partial charge is 0.347 e. The number of halogens is 1. The summed E-state index contributed by atoms with van der Waals surface area (Å²) in [6.07, 6.45) is 7.31. The number of hydrogen-bond acceptors (Lipinski definition) is 8. The number of carbonyl (C=O) groups excluding carboxylic acids is 5. The van der Waals surface area contributed by atoms with Gasteiger partial charge in [-0.25, -0.2) is 4.79 Å². The van der Waals surface area contributed by atoms with Gasteiger partial charge in [0.15, 0.2) is 0 Å². The second-order valence-corrected chi connectivity index (χ2v) is 14.1. The average molecular weight is 680 g/mol. The maximum absolute atomic E-state index is 14.5. The zero-order chi connectivity index (χ0) is 34.6. The van der Waals surface area contributed by atoms with E-state index in [1.165, 1.54) is 11.1 Å². The Morgan fingerprint density at radius 2 is 1.90 bits per heavy atom. The van der Waals surface area contributed by atoms with Gasteiger partial charge in [-0.1, -0.05) is 57.8 Å². The molecule has 256 valence electrons. The summed E-state index contributed by atoms with van der Waals surface area (Å²) in [7, 11) is 0. The summed E-state index contributed by atoms with van der Waals surface area (Å²) in [6.45, 7) is 7.23. The van der Waals surface area contributed by atoms with Crippen molar-refractivity contribution in [2.75, 3.05) is 11.9 Å². The van der Waals surface area contributed by atoms with Gasteiger partial charge in [0.2, 0.25) is 17.6 Å². The minimum atomic E-state index is -1.12. The first-order valence-electron chi connectivity index (χ1n) is 16.1. The van der Waals surface area contributed by atoms with Gasteiger partial charge in [-0.05, 0) is 55.0 Å². The van der Waals surface area contributed by atoms with Crippen molar-refractivity contribution < 1.29 is 28.8 Å². The molecule has 0 unspecified atom stereocenters. The molecule has 5 amide bonds. The van der Waals surface area contributed by atoms with E-state index in [1.807, 2.05) is 19.1 Å². The highest BCUT2D eigenvalue weighted by Crippen LogP contribution is 2.39. The average Bonchev–Trinajstić information content (AvgIpc) is 3.63. The number of aromatic nitrogens is 1. The van der Waals surface area contributed by atoms with Crippen molar-refractivity contribution in [2.24, 2.45) is 5.41 Å². The summed E-state index contributed by atoms with van der Waals surface area (Å²) in [5.74, 6) is -2.59.